The molecule has 4 nitrogen and oxygen atoms in total. The molecule has 0 fully saturated rings. The van der Waals surface area contributed by atoms with E-state index in [1.54, 1.807) is 30.5 Å². The third-order valence-corrected chi connectivity index (χ3v) is 4.24. The minimum absolute atomic E-state index is 0.317. The second-order valence-electron chi connectivity index (χ2n) is 3.84. The van der Waals surface area contributed by atoms with E-state index < -0.39 is 10.8 Å². The Kier molecular flexibility index (Phi) is 4.39. The maximum atomic E-state index is 12.3. The summed E-state index contributed by atoms with van der Waals surface area (Å²) < 4.78 is 17.4. The van der Waals surface area contributed by atoms with Gasteiger partial charge in [-0.25, -0.2) is 4.98 Å². The smallest absolute Gasteiger partial charge is 0.217 e. The fourth-order valence-electron chi connectivity index (χ4n) is 1.59. The maximum Gasteiger partial charge on any atom is 0.217 e. The molecule has 2 rings (SSSR count). The molecule has 2 N–H and O–H groups in total. The van der Waals surface area contributed by atoms with Crippen LogP contribution in [0.5, 0.6) is 5.88 Å². The lowest BCUT2D eigenvalue weighted by Crippen LogP contribution is -2.01. The van der Waals surface area contributed by atoms with E-state index in [-0.39, 0.29) is 0 Å². The summed E-state index contributed by atoms with van der Waals surface area (Å²) in [6, 6.07) is 8.60. The number of halogens is 1. The van der Waals surface area contributed by atoms with Crippen molar-refractivity contribution in [1.82, 2.24) is 4.98 Å². The average molecular weight is 297 g/mol. The Bertz CT molecular complexity index is 619. The van der Waals surface area contributed by atoms with Crippen LogP contribution in [0.3, 0.4) is 0 Å². The Morgan fingerprint density at radius 1 is 1.42 bits per heavy atom. The van der Waals surface area contributed by atoms with Gasteiger partial charge in [0.1, 0.15) is 0 Å². The van der Waals surface area contributed by atoms with Crippen LogP contribution in [0.4, 0.5) is 5.69 Å². The second kappa shape index (κ2) is 6.04. The number of benzene rings is 1. The van der Waals surface area contributed by atoms with Gasteiger partial charge < -0.3 is 10.5 Å². The Labute approximate surface area is 119 Å². The van der Waals surface area contributed by atoms with E-state index in [1.807, 2.05) is 6.07 Å². The summed E-state index contributed by atoms with van der Waals surface area (Å²) >= 11 is 5.92. The highest BCUT2D eigenvalue weighted by molar-refractivity contribution is 7.84. The first kappa shape index (κ1) is 13.8. The summed E-state index contributed by atoms with van der Waals surface area (Å²) in [6.45, 7) is 0. The van der Waals surface area contributed by atoms with E-state index in [4.69, 9.17) is 22.1 Å². The van der Waals surface area contributed by atoms with Gasteiger partial charge in [0, 0.05) is 16.7 Å². The molecule has 0 radical (unpaired) electrons. The molecule has 1 unspecified atom stereocenters. The summed E-state index contributed by atoms with van der Waals surface area (Å²) in [5.41, 5.74) is 6.89. The van der Waals surface area contributed by atoms with Crippen LogP contribution in [-0.2, 0) is 16.6 Å². The molecule has 0 saturated heterocycles. The summed E-state index contributed by atoms with van der Waals surface area (Å²) in [6.07, 6.45) is 1.63. The molecule has 100 valence electrons. The van der Waals surface area contributed by atoms with Crippen molar-refractivity contribution in [3.8, 4) is 5.88 Å². The molecule has 2 aromatic rings. The highest BCUT2D eigenvalue weighted by atomic mass is 35.5. The molecule has 19 heavy (non-hydrogen) atoms. The van der Waals surface area contributed by atoms with E-state index in [9.17, 15) is 4.21 Å². The number of aromatic nitrogens is 1. The van der Waals surface area contributed by atoms with Crippen LogP contribution in [0.25, 0.3) is 0 Å². The maximum absolute atomic E-state index is 12.3. The van der Waals surface area contributed by atoms with Crippen LogP contribution < -0.4 is 10.5 Å². The number of hydrogen-bond acceptors (Lipinski definition) is 4. The van der Waals surface area contributed by atoms with Crippen molar-refractivity contribution in [2.45, 2.75) is 10.6 Å². The van der Waals surface area contributed by atoms with Crippen LogP contribution in [0.15, 0.2) is 41.4 Å². The Morgan fingerprint density at radius 2 is 2.21 bits per heavy atom. The largest absolute Gasteiger partial charge is 0.481 e. The van der Waals surface area contributed by atoms with Crippen molar-refractivity contribution in [3.63, 3.8) is 0 Å². The molecular formula is C13H13ClN2O2S. The van der Waals surface area contributed by atoms with Crippen molar-refractivity contribution >= 4 is 28.1 Å². The SMILES string of the molecule is COc1ncccc1CS(=O)c1ccc(N)c(Cl)c1. The third kappa shape index (κ3) is 3.24. The molecule has 1 heterocycles. The molecular weight excluding hydrogens is 284 g/mol. The lowest BCUT2D eigenvalue weighted by atomic mass is 10.3. The van der Waals surface area contributed by atoms with Crippen LogP contribution in [0, 0.1) is 0 Å². The molecule has 1 atom stereocenters. The van der Waals surface area contributed by atoms with Gasteiger partial charge in [0.25, 0.3) is 0 Å². The van der Waals surface area contributed by atoms with E-state index in [0.29, 0.717) is 27.2 Å². The third-order valence-electron chi connectivity index (χ3n) is 2.56. The van der Waals surface area contributed by atoms with Gasteiger partial charge in [-0.2, -0.15) is 0 Å². The van der Waals surface area contributed by atoms with Gasteiger partial charge >= 0.3 is 0 Å². The molecule has 0 saturated carbocycles. The summed E-state index contributed by atoms with van der Waals surface area (Å²) in [5, 5.41) is 0.406. The Hall–Kier alpha value is -1.59. The van der Waals surface area contributed by atoms with Gasteiger partial charge in [0.05, 0.1) is 34.4 Å². The Morgan fingerprint density at radius 3 is 2.89 bits per heavy atom. The highest BCUT2D eigenvalue weighted by Gasteiger charge is 2.11. The molecule has 1 aromatic heterocycles. The van der Waals surface area contributed by atoms with Crippen LogP contribution in [0.1, 0.15) is 5.56 Å². The molecule has 1 aromatic carbocycles. The van der Waals surface area contributed by atoms with Gasteiger partial charge in [-0.1, -0.05) is 17.7 Å². The lowest BCUT2D eigenvalue weighted by Gasteiger charge is -2.07. The quantitative estimate of drug-likeness (QED) is 0.881. The number of pyridine rings is 1. The zero-order valence-electron chi connectivity index (χ0n) is 10.3. The highest BCUT2D eigenvalue weighted by Crippen LogP contribution is 2.24. The predicted molar refractivity (Wildman–Crippen MR) is 76.8 cm³/mol. The topological polar surface area (TPSA) is 65.2 Å². The summed E-state index contributed by atoms with van der Waals surface area (Å²) in [4.78, 5) is 4.70. The predicted octanol–water partition coefficient (Wildman–Crippen LogP) is 2.63. The number of rotatable bonds is 4. The minimum Gasteiger partial charge on any atom is -0.481 e. The van der Waals surface area contributed by atoms with E-state index in [2.05, 4.69) is 4.98 Å². The molecule has 0 aliphatic heterocycles. The second-order valence-corrected chi connectivity index (χ2v) is 5.70. The van der Waals surface area contributed by atoms with Gasteiger partial charge in [0.15, 0.2) is 0 Å². The zero-order valence-corrected chi connectivity index (χ0v) is 11.9. The molecule has 0 bridgehead atoms. The van der Waals surface area contributed by atoms with E-state index >= 15 is 0 Å². The summed E-state index contributed by atoms with van der Waals surface area (Å²) in [5.74, 6) is 0.800. The van der Waals surface area contributed by atoms with Gasteiger partial charge in [-0.15, -0.1) is 0 Å². The first-order chi connectivity index (χ1) is 9.11. The molecule has 0 amide bonds. The number of anilines is 1. The van der Waals surface area contributed by atoms with Crippen molar-refractivity contribution in [2.75, 3.05) is 12.8 Å². The number of ether oxygens (including phenoxy) is 1. The molecule has 0 aliphatic rings. The van der Waals surface area contributed by atoms with Crippen molar-refractivity contribution < 1.29 is 8.95 Å². The van der Waals surface area contributed by atoms with Crippen molar-refractivity contribution in [3.05, 3.63) is 47.1 Å². The standard InChI is InChI=1S/C13H13ClN2O2S/c1-18-13-9(3-2-6-16-13)8-19(17)10-4-5-12(15)11(14)7-10/h2-7H,8,15H2,1H3. The average Bonchev–Trinajstić information content (AvgIpc) is 2.42. The number of methoxy groups -OCH3 is 1. The van der Waals surface area contributed by atoms with E-state index in [1.165, 1.54) is 7.11 Å². The van der Waals surface area contributed by atoms with Crippen molar-refractivity contribution in [2.24, 2.45) is 0 Å². The van der Waals surface area contributed by atoms with Gasteiger partial charge in [-0.05, 0) is 24.3 Å². The van der Waals surface area contributed by atoms with Crippen molar-refractivity contribution in [1.29, 1.82) is 0 Å². The van der Waals surface area contributed by atoms with E-state index in [0.717, 1.165) is 5.56 Å². The fraction of sp³-hybridized carbons (Fsp3) is 0.154. The first-order valence-corrected chi connectivity index (χ1v) is 7.23. The Balaban J connectivity index is 2.23. The first-order valence-electron chi connectivity index (χ1n) is 5.53. The minimum atomic E-state index is -1.22. The monoisotopic (exact) mass is 296 g/mol. The number of nitrogens with two attached hydrogens (primary N) is 1. The normalized spacial score (nSPS) is 12.1. The molecule has 0 spiro atoms. The lowest BCUT2D eigenvalue weighted by molar-refractivity contribution is 0.394. The molecule has 0 aliphatic carbocycles. The fourth-order valence-corrected chi connectivity index (χ4v) is 2.98. The zero-order chi connectivity index (χ0) is 13.8. The van der Waals surface area contributed by atoms with Gasteiger partial charge in [0.2, 0.25) is 5.88 Å². The van der Waals surface area contributed by atoms with Crippen LogP contribution in [0.2, 0.25) is 5.02 Å². The number of nitrogen functional groups attached to an aromatic ring is 1. The number of nitrogens with zero attached hydrogens (tertiary/aromatic N) is 1. The van der Waals surface area contributed by atoms with Gasteiger partial charge in [-0.3, -0.25) is 4.21 Å². The summed E-state index contributed by atoms with van der Waals surface area (Å²) in [7, 11) is 0.312. The molecule has 6 heteroatoms. The number of hydrogen-bond donors (Lipinski definition) is 1. The van der Waals surface area contributed by atoms with Crippen LogP contribution in [-0.4, -0.2) is 16.3 Å². The van der Waals surface area contributed by atoms with Crippen LogP contribution >= 0.6 is 11.6 Å².